The second-order valence-electron chi connectivity index (χ2n) is 9.37. The molecule has 0 radical (unpaired) electrons. The smallest absolute Gasteiger partial charge is 0.143 e. The largest absolute Gasteiger partial charge is 0.370 e. The highest BCUT2D eigenvalue weighted by Crippen LogP contribution is 2.42. The maximum atomic E-state index is 10.3. The third-order valence-electron chi connectivity index (χ3n) is 6.87. The number of pyridine rings is 1. The van der Waals surface area contributed by atoms with Crippen molar-refractivity contribution in [2.75, 3.05) is 43.4 Å². The van der Waals surface area contributed by atoms with Gasteiger partial charge in [-0.1, -0.05) is 41.9 Å². The Morgan fingerprint density at radius 2 is 1.78 bits per heavy atom. The Morgan fingerprint density at radius 3 is 2.50 bits per heavy atom. The molecule has 0 bridgehead atoms. The van der Waals surface area contributed by atoms with Crippen LogP contribution in [0.5, 0.6) is 0 Å². The number of halogens is 1. The molecule has 4 aromatic rings. The molecule has 1 aliphatic heterocycles. The van der Waals surface area contributed by atoms with Crippen molar-refractivity contribution in [2.24, 2.45) is 0 Å². The van der Waals surface area contributed by atoms with E-state index in [1.54, 1.807) is 12.3 Å². The van der Waals surface area contributed by atoms with Gasteiger partial charge in [0.2, 0.25) is 0 Å². The fourth-order valence-corrected chi connectivity index (χ4v) is 5.05. The number of nitrogens with one attached hydrogen (secondary N) is 2. The van der Waals surface area contributed by atoms with Crippen molar-refractivity contribution in [3.63, 3.8) is 0 Å². The first kappa shape index (κ1) is 24.4. The molecule has 7 heteroatoms. The average Bonchev–Trinajstić information content (AvgIpc) is 3.27. The molecule has 1 atom stereocenters. The Labute approximate surface area is 217 Å². The van der Waals surface area contributed by atoms with Crippen molar-refractivity contribution in [1.29, 1.82) is 0 Å². The van der Waals surface area contributed by atoms with Gasteiger partial charge in [-0.05, 0) is 67.9 Å². The van der Waals surface area contributed by atoms with Gasteiger partial charge < -0.3 is 25.2 Å². The number of anilines is 2. The van der Waals surface area contributed by atoms with Gasteiger partial charge >= 0.3 is 0 Å². The molecule has 3 heterocycles. The minimum atomic E-state index is -0.765. The van der Waals surface area contributed by atoms with Gasteiger partial charge in [-0.3, -0.25) is 0 Å². The Hall–Kier alpha value is -3.32. The molecular weight excluding hydrogens is 470 g/mol. The average molecular weight is 502 g/mol. The molecule has 0 spiro atoms. The molecule has 1 aliphatic rings. The number of aliphatic hydroxyl groups is 1. The van der Waals surface area contributed by atoms with Crippen LogP contribution in [-0.2, 0) is 0 Å². The first-order chi connectivity index (χ1) is 17.4. The Bertz CT molecular complexity index is 1390. The topological polar surface area (TPSA) is 67.4 Å². The number of aromatic amines is 1. The van der Waals surface area contributed by atoms with Crippen molar-refractivity contribution in [3.8, 4) is 22.4 Å². The number of H-pyrrole nitrogens is 1. The minimum absolute atomic E-state index is 0.649. The van der Waals surface area contributed by atoms with Crippen molar-refractivity contribution >= 4 is 34.0 Å². The van der Waals surface area contributed by atoms with Gasteiger partial charge in [0, 0.05) is 54.7 Å². The molecule has 0 saturated carbocycles. The van der Waals surface area contributed by atoms with Gasteiger partial charge in [-0.2, -0.15) is 0 Å². The van der Waals surface area contributed by atoms with Gasteiger partial charge in [0.15, 0.2) is 0 Å². The molecule has 1 saturated heterocycles. The van der Waals surface area contributed by atoms with E-state index in [0.717, 1.165) is 70.8 Å². The van der Waals surface area contributed by atoms with Crippen LogP contribution in [0, 0.1) is 6.92 Å². The number of aryl methyl sites for hydroxylation is 1. The SMILES string of the molecule is C/C=C/C(O)Nc1cc(-c2c(-c3ccc(N4CCN(C)CC4)cc3)[nH]c3nccc(Cl)c23)ccc1C. The summed E-state index contributed by atoms with van der Waals surface area (Å²) in [7, 11) is 2.17. The van der Waals surface area contributed by atoms with Crippen LogP contribution < -0.4 is 10.2 Å². The van der Waals surface area contributed by atoms with Gasteiger partial charge in [-0.25, -0.2) is 4.98 Å². The summed E-state index contributed by atoms with van der Waals surface area (Å²) < 4.78 is 0. The molecule has 0 amide bonds. The minimum Gasteiger partial charge on any atom is -0.370 e. The summed E-state index contributed by atoms with van der Waals surface area (Å²) >= 11 is 6.71. The third kappa shape index (κ3) is 4.85. The number of fused-ring (bicyclic) bond motifs is 1. The highest BCUT2D eigenvalue weighted by Gasteiger charge is 2.20. The maximum absolute atomic E-state index is 10.3. The number of hydrogen-bond acceptors (Lipinski definition) is 5. The number of rotatable bonds is 6. The van der Waals surface area contributed by atoms with Crippen molar-refractivity contribution < 1.29 is 5.11 Å². The van der Waals surface area contributed by atoms with Gasteiger partial charge in [-0.15, -0.1) is 0 Å². The standard InChI is InChI=1S/C29H32ClN5O/c1-4-5-25(36)32-24-18-21(7-6-19(24)2)26-27-23(30)12-13-31-29(27)33-28(26)20-8-10-22(11-9-20)35-16-14-34(3)15-17-35/h4-13,18,25,32,36H,14-17H2,1-3H3,(H,31,33)/b5-4+. The van der Waals surface area contributed by atoms with Crippen LogP contribution in [0.15, 0.2) is 66.9 Å². The van der Waals surface area contributed by atoms with Gasteiger partial charge in [0.1, 0.15) is 11.9 Å². The lowest BCUT2D eigenvalue weighted by Crippen LogP contribution is -2.44. The van der Waals surface area contributed by atoms with E-state index in [2.05, 4.69) is 74.6 Å². The monoisotopic (exact) mass is 501 g/mol. The van der Waals surface area contributed by atoms with Gasteiger partial charge in [0.05, 0.1) is 10.7 Å². The molecule has 6 nitrogen and oxygen atoms in total. The van der Waals surface area contributed by atoms with E-state index in [1.807, 2.05) is 26.0 Å². The van der Waals surface area contributed by atoms with E-state index in [0.29, 0.717) is 5.02 Å². The van der Waals surface area contributed by atoms with Crippen LogP contribution in [-0.4, -0.2) is 59.4 Å². The lowest BCUT2D eigenvalue weighted by atomic mass is 9.97. The van der Waals surface area contributed by atoms with Crippen LogP contribution in [0.3, 0.4) is 0 Å². The number of allylic oxidation sites excluding steroid dienone is 1. The summed E-state index contributed by atoms with van der Waals surface area (Å²) in [6.07, 6.45) is 4.50. The second-order valence-corrected chi connectivity index (χ2v) is 9.78. The predicted octanol–water partition coefficient (Wildman–Crippen LogP) is 5.92. The summed E-state index contributed by atoms with van der Waals surface area (Å²) in [4.78, 5) is 12.9. The third-order valence-corrected chi connectivity index (χ3v) is 7.19. The first-order valence-corrected chi connectivity index (χ1v) is 12.7. The predicted molar refractivity (Wildman–Crippen MR) is 151 cm³/mol. The lowest BCUT2D eigenvalue weighted by molar-refractivity contribution is 0.252. The zero-order valence-corrected chi connectivity index (χ0v) is 21.7. The number of piperazine rings is 1. The van der Waals surface area contributed by atoms with Gasteiger partial charge in [0.25, 0.3) is 0 Å². The first-order valence-electron chi connectivity index (χ1n) is 12.3. The number of aliphatic hydroxyl groups excluding tert-OH is 1. The molecule has 3 N–H and O–H groups in total. The molecule has 36 heavy (non-hydrogen) atoms. The van der Waals surface area contributed by atoms with Crippen molar-refractivity contribution in [1.82, 2.24) is 14.9 Å². The summed E-state index contributed by atoms with van der Waals surface area (Å²) in [5.41, 5.74) is 7.93. The summed E-state index contributed by atoms with van der Waals surface area (Å²) in [5.74, 6) is 0. The van der Waals surface area contributed by atoms with E-state index >= 15 is 0 Å². The molecule has 2 aromatic carbocycles. The Morgan fingerprint density at radius 1 is 1.06 bits per heavy atom. The molecule has 2 aromatic heterocycles. The number of hydrogen-bond donors (Lipinski definition) is 3. The van der Waals surface area contributed by atoms with Crippen LogP contribution in [0.1, 0.15) is 12.5 Å². The van der Waals surface area contributed by atoms with E-state index in [-0.39, 0.29) is 0 Å². The summed E-state index contributed by atoms with van der Waals surface area (Å²) in [6, 6.07) is 16.8. The maximum Gasteiger partial charge on any atom is 0.143 e. The quantitative estimate of drug-likeness (QED) is 0.226. The second kappa shape index (κ2) is 10.3. The summed E-state index contributed by atoms with van der Waals surface area (Å²) in [6.45, 7) is 8.12. The highest BCUT2D eigenvalue weighted by atomic mass is 35.5. The van der Waals surface area contributed by atoms with Crippen LogP contribution in [0.4, 0.5) is 11.4 Å². The molecule has 1 unspecified atom stereocenters. The molecule has 0 aliphatic carbocycles. The van der Waals surface area contributed by atoms with E-state index in [1.165, 1.54) is 5.69 Å². The van der Waals surface area contributed by atoms with Crippen LogP contribution >= 0.6 is 11.6 Å². The van der Waals surface area contributed by atoms with Crippen molar-refractivity contribution in [2.45, 2.75) is 20.1 Å². The number of benzene rings is 2. The lowest BCUT2D eigenvalue weighted by Gasteiger charge is -2.34. The van der Waals surface area contributed by atoms with Crippen LogP contribution in [0.25, 0.3) is 33.4 Å². The summed E-state index contributed by atoms with van der Waals surface area (Å²) in [5, 5.41) is 15.0. The Balaban J connectivity index is 1.58. The number of nitrogens with zero attached hydrogens (tertiary/aromatic N) is 3. The molecule has 5 rings (SSSR count). The Kier molecular flexibility index (Phi) is 7.01. The number of likely N-dealkylation sites (N-methyl/N-ethyl adjacent to an activating group) is 1. The zero-order valence-electron chi connectivity index (χ0n) is 20.9. The number of aromatic nitrogens is 2. The zero-order chi connectivity index (χ0) is 25.2. The molecular formula is C29H32ClN5O. The van der Waals surface area contributed by atoms with E-state index < -0.39 is 6.23 Å². The van der Waals surface area contributed by atoms with E-state index in [4.69, 9.17) is 11.6 Å². The molecule has 1 fully saturated rings. The fourth-order valence-electron chi connectivity index (χ4n) is 4.81. The molecule has 186 valence electrons. The fraction of sp³-hybridized carbons (Fsp3) is 0.276. The van der Waals surface area contributed by atoms with Crippen LogP contribution in [0.2, 0.25) is 5.02 Å². The van der Waals surface area contributed by atoms with Crippen molar-refractivity contribution in [3.05, 3.63) is 77.5 Å². The normalized spacial score (nSPS) is 15.6. The van der Waals surface area contributed by atoms with E-state index in [9.17, 15) is 5.11 Å². The highest BCUT2D eigenvalue weighted by molar-refractivity contribution is 6.36.